The number of likely N-dealkylation sites (tertiary alicyclic amines) is 1. The summed E-state index contributed by atoms with van der Waals surface area (Å²) >= 11 is 1.62. The fraction of sp³-hybridized carbons (Fsp3) is 0.308. The van der Waals surface area contributed by atoms with Gasteiger partial charge in [-0.1, -0.05) is 0 Å². The Morgan fingerprint density at radius 3 is 2.83 bits per heavy atom. The van der Waals surface area contributed by atoms with Crippen LogP contribution in [0.3, 0.4) is 0 Å². The molecule has 3 aromatic heterocycles. The van der Waals surface area contributed by atoms with E-state index in [9.17, 15) is 0 Å². The Morgan fingerprint density at radius 1 is 1.09 bits per heavy atom. The molecule has 1 aliphatic heterocycles. The smallest absolute Gasteiger partial charge is 0.141 e. The molecule has 0 unspecified atom stereocenters. The highest BCUT2D eigenvalue weighted by atomic mass is 32.1. The molecule has 5 aromatic rings. The van der Waals surface area contributed by atoms with Gasteiger partial charge in [-0.2, -0.15) is 5.10 Å². The van der Waals surface area contributed by atoms with Crippen LogP contribution >= 0.6 is 11.3 Å². The second kappa shape index (κ2) is 9.24. The van der Waals surface area contributed by atoms with Crippen LogP contribution in [0, 0.1) is 5.92 Å². The highest BCUT2D eigenvalue weighted by molar-refractivity contribution is 7.16. The van der Waals surface area contributed by atoms with Gasteiger partial charge in [-0.3, -0.25) is 4.68 Å². The number of piperidine rings is 1. The average molecular weight is 486 g/mol. The average Bonchev–Trinajstić information content (AvgIpc) is 3.54. The summed E-state index contributed by atoms with van der Waals surface area (Å²) in [6, 6.07) is 10.2. The number of aromatic nitrogens is 5. The number of thiazole rings is 1. The topological polar surface area (TPSA) is 81.0 Å². The number of hydrogen-bond donors (Lipinski definition) is 1. The van der Waals surface area contributed by atoms with Gasteiger partial charge in [0.05, 0.1) is 34.6 Å². The molecule has 0 spiro atoms. The first-order valence-corrected chi connectivity index (χ1v) is 12.7. The molecular weight excluding hydrogens is 458 g/mol. The summed E-state index contributed by atoms with van der Waals surface area (Å²) in [5, 5.41) is 9.07. The highest BCUT2D eigenvalue weighted by Crippen LogP contribution is 2.36. The highest BCUT2D eigenvalue weighted by Gasteiger charge is 2.19. The second-order valence-corrected chi connectivity index (χ2v) is 10.0. The van der Waals surface area contributed by atoms with Gasteiger partial charge in [0.15, 0.2) is 0 Å². The molecule has 0 aliphatic carbocycles. The standard InChI is InChI=1S/C26H27N7OS/c1-32-7-5-17(6-8-32)13-33-14-18(12-30-33)20-10-21-23(11-24(20)34-2)27-15-28-26(21)31-19-3-4-22-25(9-19)35-16-29-22/h3-4,9-12,14-17H,5-8,13H2,1-2H3,(H,27,28,31). The van der Waals surface area contributed by atoms with Crippen LogP contribution in [-0.2, 0) is 6.54 Å². The third-order valence-electron chi connectivity index (χ3n) is 6.78. The SMILES string of the molecule is COc1cc2ncnc(Nc3ccc4ncsc4c3)c2cc1-c1cnn(CC2CCN(C)CC2)c1. The lowest BCUT2D eigenvalue weighted by molar-refractivity contribution is 0.201. The number of nitrogens with one attached hydrogen (secondary N) is 1. The van der Waals surface area contributed by atoms with Crippen LogP contribution in [0.5, 0.6) is 5.75 Å². The third-order valence-corrected chi connectivity index (χ3v) is 7.57. The molecule has 1 saturated heterocycles. The second-order valence-electron chi connectivity index (χ2n) is 9.15. The van der Waals surface area contributed by atoms with Crippen LogP contribution in [0.15, 0.2) is 54.6 Å². The summed E-state index contributed by atoms with van der Waals surface area (Å²) in [7, 11) is 3.89. The first kappa shape index (κ1) is 21.9. The van der Waals surface area contributed by atoms with Crippen molar-refractivity contribution >= 4 is 44.0 Å². The zero-order valence-electron chi connectivity index (χ0n) is 19.8. The fourth-order valence-corrected chi connectivity index (χ4v) is 5.48. The zero-order chi connectivity index (χ0) is 23.8. The third kappa shape index (κ3) is 4.44. The van der Waals surface area contributed by atoms with Crippen LogP contribution in [0.25, 0.3) is 32.2 Å². The number of ether oxygens (including phenoxy) is 1. The molecule has 6 rings (SSSR count). The Kier molecular flexibility index (Phi) is 5.79. The molecule has 0 radical (unpaired) electrons. The molecule has 0 amide bonds. The number of methoxy groups -OCH3 is 1. The molecule has 0 saturated carbocycles. The largest absolute Gasteiger partial charge is 0.496 e. The lowest BCUT2D eigenvalue weighted by Crippen LogP contribution is -2.31. The van der Waals surface area contributed by atoms with Gasteiger partial charge >= 0.3 is 0 Å². The van der Waals surface area contributed by atoms with Gasteiger partial charge in [-0.15, -0.1) is 11.3 Å². The van der Waals surface area contributed by atoms with E-state index < -0.39 is 0 Å². The van der Waals surface area contributed by atoms with Gasteiger partial charge in [-0.05, 0) is 63.2 Å². The molecule has 1 fully saturated rings. The minimum atomic E-state index is 0.664. The predicted molar refractivity (Wildman–Crippen MR) is 140 cm³/mol. The summed E-state index contributed by atoms with van der Waals surface area (Å²) in [6.07, 6.45) is 8.05. The molecule has 0 bridgehead atoms. The van der Waals surface area contributed by atoms with Gasteiger partial charge in [0.25, 0.3) is 0 Å². The number of rotatable bonds is 6. The van der Waals surface area contributed by atoms with Gasteiger partial charge in [0, 0.05) is 41.0 Å². The molecule has 0 atom stereocenters. The number of fused-ring (bicyclic) bond motifs is 2. The van der Waals surface area contributed by atoms with E-state index in [4.69, 9.17) is 4.74 Å². The van der Waals surface area contributed by atoms with E-state index in [1.807, 2.05) is 29.9 Å². The summed E-state index contributed by atoms with van der Waals surface area (Å²) in [6.45, 7) is 3.26. The fourth-order valence-electron chi connectivity index (χ4n) is 4.76. The minimum Gasteiger partial charge on any atom is -0.496 e. The quantitative estimate of drug-likeness (QED) is 0.354. The van der Waals surface area contributed by atoms with E-state index in [2.05, 4.69) is 60.3 Å². The summed E-state index contributed by atoms with van der Waals surface area (Å²) < 4.78 is 8.95. The summed E-state index contributed by atoms with van der Waals surface area (Å²) in [5.74, 6) is 2.19. The maximum absolute atomic E-state index is 5.75. The maximum atomic E-state index is 5.75. The van der Waals surface area contributed by atoms with E-state index in [1.54, 1.807) is 24.8 Å². The van der Waals surface area contributed by atoms with Crippen molar-refractivity contribution in [2.45, 2.75) is 19.4 Å². The van der Waals surface area contributed by atoms with Crippen molar-refractivity contribution in [3.05, 3.63) is 54.6 Å². The van der Waals surface area contributed by atoms with Crippen LogP contribution in [0.4, 0.5) is 11.5 Å². The van der Waals surface area contributed by atoms with Crippen LogP contribution in [0.1, 0.15) is 12.8 Å². The normalized spacial score (nSPS) is 15.1. The number of benzene rings is 2. The molecule has 8 nitrogen and oxygen atoms in total. The van der Waals surface area contributed by atoms with E-state index in [1.165, 1.54) is 12.8 Å². The Labute approximate surface area is 207 Å². The molecule has 1 aliphatic rings. The van der Waals surface area contributed by atoms with Crippen molar-refractivity contribution < 1.29 is 4.74 Å². The number of nitrogens with zero attached hydrogens (tertiary/aromatic N) is 6. The van der Waals surface area contributed by atoms with Crippen molar-refractivity contribution in [3.63, 3.8) is 0 Å². The van der Waals surface area contributed by atoms with E-state index in [0.717, 1.165) is 69.1 Å². The van der Waals surface area contributed by atoms with Crippen LogP contribution in [-0.4, -0.2) is 56.9 Å². The summed E-state index contributed by atoms with van der Waals surface area (Å²) in [4.78, 5) is 15.8. The molecule has 4 heterocycles. The lowest BCUT2D eigenvalue weighted by Gasteiger charge is -2.28. The Hall–Kier alpha value is -3.56. The molecular formula is C26H27N7OS. The zero-order valence-corrected chi connectivity index (χ0v) is 20.6. The van der Waals surface area contributed by atoms with Crippen LogP contribution < -0.4 is 10.1 Å². The van der Waals surface area contributed by atoms with Gasteiger partial charge in [0.1, 0.15) is 17.9 Å². The summed E-state index contributed by atoms with van der Waals surface area (Å²) in [5.41, 5.74) is 6.64. The lowest BCUT2D eigenvalue weighted by atomic mass is 9.97. The van der Waals surface area contributed by atoms with Gasteiger partial charge in [0.2, 0.25) is 0 Å². The van der Waals surface area contributed by atoms with Crippen molar-refractivity contribution in [1.29, 1.82) is 0 Å². The van der Waals surface area contributed by atoms with Crippen molar-refractivity contribution in [3.8, 4) is 16.9 Å². The van der Waals surface area contributed by atoms with Gasteiger partial charge in [-0.25, -0.2) is 15.0 Å². The maximum Gasteiger partial charge on any atom is 0.141 e. The van der Waals surface area contributed by atoms with Crippen LogP contribution in [0.2, 0.25) is 0 Å². The molecule has 1 N–H and O–H groups in total. The van der Waals surface area contributed by atoms with Crippen molar-refractivity contribution in [1.82, 2.24) is 29.6 Å². The molecule has 9 heteroatoms. The monoisotopic (exact) mass is 485 g/mol. The molecule has 2 aromatic carbocycles. The van der Waals surface area contributed by atoms with Gasteiger partial charge < -0.3 is 15.0 Å². The van der Waals surface area contributed by atoms with E-state index >= 15 is 0 Å². The number of anilines is 2. The van der Waals surface area contributed by atoms with E-state index in [-0.39, 0.29) is 0 Å². The van der Waals surface area contributed by atoms with Crippen molar-refractivity contribution in [2.75, 3.05) is 32.6 Å². The molecule has 178 valence electrons. The van der Waals surface area contributed by atoms with E-state index in [0.29, 0.717) is 5.92 Å². The molecule has 35 heavy (non-hydrogen) atoms. The Bertz CT molecular complexity index is 1490. The Morgan fingerprint density at radius 2 is 1.97 bits per heavy atom. The number of hydrogen-bond acceptors (Lipinski definition) is 8. The first-order chi connectivity index (χ1) is 17.2. The predicted octanol–water partition coefficient (Wildman–Crippen LogP) is 5.20. The van der Waals surface area contributed by atoms with Crippen molar-refractivity contribution in [2.24, 2.45) is 5.92 Å². The Balaban J connectivity index is 1.33. The first-order valence-electron chi connectivity index (χ1n) is 11.8. The minimum absolute atomic E-state index is 0.664.